The van der Waals surface area contributed by atoms with Crippen molar-refractivity contribution in [2.75, 3.05) is 22.5 Å². The second kappa shape index (κ2) is 8.19. The summed E-state index contributed by atoms with van der Waals surface area (Å²) in [5, 5.41) is 6.23. The molecule has 0 aliphatic carbocycles. The molecular formula is C19H16FI2N5O3-2. The van der Waals surface area contributed by atoms with Crippen LogP contribution >= 0.6 is 0 Å². The number of fused-ring (bicyclic) bond motifs is 3. The first-order valence-corrected chi connectivity index (χ1v) is 13.0. The monoisotopic (exact) mass is 635 g/mol. The van der Waals surface area contributed by atoms with Gasteiger partial charge in [0.05, 0.1) is 0 Å². The van der Waals surface area contributed by atoms with Crippen LogP contribution in [0, 0.1) is 5.82 Å². The molecule has 2 bridgehead atoms. The van der Waals surface area contributed by atoms with Gasteiger partial charge in [0.15, 0.2) is 0 Å². The van der Waals surface area contributed by atoms with E-state index in [-0.39, 0.29) is 15.6 Å². The van der Waals surface area contributed by atoms with Crippen molar-refractivity contribution in [3.05, 3.63) is 53.7 Å². The number of pyridine rings is 1. The van der Waals surface area contributed by atoms with Crippen molar-refractivity contribution in [2.24, 2.45) is 0 Å². The zero-order chi connectivity index (χ0) is 20.7. The van der Waals surface area contributed by atoms with Gasteiger partial charge in [-0.25, -0.2) is 0 Å². The second-order valence-corrected chi connectivity index (χ2v) is 12.1. The summed E-state index contributed by atoms with van der Waals surface area (Å²) in [6, 6.07) is 6.52. The molecule has 1 amide bonds. The average molecular weight is 635 g/mol. The molecule has 1 atom stereocenters. The van der Waals surface area contributed by atoms with Gasteiger partial charge >= 0.3 is 194 Å². The Labute approximate surface area is 193 Å². The molecule has 3 aromatic rings. The van der Waals surface area contributed by atoms with Crippen LogP contribution in [0.15, 0.2) is 36.7 Å². The van der Waals surface area contributed by atoms with Crippen molar-refractivity contribution >= 4 is 23.0 Å². The Hall–Kier alpha value is -2.13. The molecule has 2 aliphatic heterocycles. The van der Waals surface area contributed by atoms with E-state index in [1.165, 1.54) is 13.2 Å². The van der Waals surface area contributed by atoms with Crippen molar-refractivity contribution in [1.29, 1.82) is 0 Å². The third-order valence-electron chi connectivity index (χ3n) is 4.84. The summed E-state index contributed by atoms with van der Waals surface area (Å²) < 4.78 is 29.0. The molecule has 4 N–H and O–H groups in total. The van der Waals surface area contributed by atoms with Crippen molar-refractivity contribution in [2.45, 2.75) is 3.92 Å². The number of carbonyl (C=O) groups excluding carboxylic acids is 1. The van der Waals surface area contributed by atoms with Gasteiger partial charge in [0.25, 0.3) is 0 Å². The zero-order valence-corrected chi connectivity index (χ0v) is 19.9. The number of hydrogen-bond donors (Lipinski definition) is 4. The van der Waals surface area contributed by atoms with E-state index in [0.717, 1.165) is 22.6 Å². The van der Waals surface area contributed by atoms with Gasteiger partial charge in [-0.05, 0) is 0 Å². The third kappa shape index (κ3) is 3.37. The topological polar surface area (TPSA) is 100 Å². The van der Waals surface area contributed by atoms with E-state index in [0.29, 0.717) is 23.5 Å². The fourth-order valence-corrected chi connectivity index (χ4v) is 8.48. The van der Waals surface area contributed by atoms with Gasteiger partial charge in [0, 0.05) is 0 Å². The number of alkyl halides is 1. The number of aromatic nitrogens is 2. The number of para-hydroxylation sites is 1. The summed E-state index contributed by atoms with van der Waals surface area (Å²) >= 11 is -1.32. The predicted octanol–water partition coefficient (Wildman–Crippen LogP) is -2.88. The SMILES string of the molecule is COc1c(F)cccc1Nc1c2[nH]c3c1C(=O)NC[C@H]3[I-]O[I-]Nc1cnccc1-2. The molecule has 30 heavy (non-hydrogen) atoms. The third-order valence-corrected chi connectivity index (χ3v) is 10.1. The van der Waals surface area contributed by atoms with E-state index in [1.54, 1.807) is 24.5 Å². The summed E-state index contributed by atoms with van der Waals surface area (Å²) in [5.74, 6) is -0.572. The summed E-state index contributed by atoms with van der Waals surface area (Å²) in [7, 11) is 1.42. The molecule has 0 saturated heterocycles. The maximum absolute atomic E-state index is 14.3. The Morgan fingerprint density at radius 1 is 1.37 bits per heavy atom. The number of nitrogens with zero attached hydrogens (tertiary/aromatic N) is 1. The van der Waals surface area contributed by atoms with E-state index < -0.39 is 49.3 Å². The van der Waals surface area contributed by atoms with Gasteiger partial charge in [0.1, 0.15) is 0 Å². The molecule has 2 aromatic heterocycles. The molecule has 4 heterocycles. The summed E-state index contributed by atoms with van der Waals surface area (Å²) in [5.41, 5.74) is 4.81. The van der Waals surface area contributed by atoms with E-state index in [2.05, 4.69) is 24.1 Å². The first-order valence-electron chi connectivity index (χ1n) is 8.94. The number of benzene rings is 1. The number of methoxy groups -OCH3 is 1. The number of carbonyl (C=O) groups is 1. The normalized spacial score (nSPS) is 17.9. The van der Waals surface area contributed by atoms with Gasteiger partial charge in [-0.3, -0.25) is 0 Å². The van der Waals surface area contributed by atoms with Crippen molar-refractivity contribution in [1.82, 2.24) is 15.3 Å². The van der Waals surface area contributed by atoms with Gasteiger partial charge < -0.3 is 0 Å². The molecule has 158 valence electrons. The van der Waals surface area contributed by atoms with Crippen LogP contribution < -0.4 is 62.4 Å². The minimum absolute atomic E-state index is 0.0881. The molecule has 0 saturated carbocycles. The van der Waals surface area contributed by atoms with E-state index in [9.17, 15) is 9.18 Å². The molecular weight excluding hydrogens is 619 g/mol. The van der Waals surface area contributed by atoms with Gasteiger partial charge in [-0.1, -0.05) is 0 Å². The summed E-state index contributed by atoms with van der Waals surface area (Å²) in [6.07, 6.45) is 3.44. The number of halogens is 3. The molecule has 2 aliphatic rings. The average Bonchev–Trinajstić information content (AvgIpc) is 3.13. The number of ether oxygens (including phenoxy) is 1. The number of anilines is 3. The maximum atomic E-state index is 14.3. The van der Waals surface area contributed by atoms with E-state index in [1.807, 2.05) is 6.07 Å². The van der Waals surface area contributed by atoms with E-state index >= 15 is 0 Å². The quantitative estimate of drug-likeness (QED) is 0.140. The van der Waals surface area contributed by atoms with Gasteiger partial charge in [0.2, 0.25) is 0 Å². The van der Waals surface area contributed by atoms with Crippen molar-refractivity contribution in [3.8, 4) is 17.0 Å². The Bertz CT molecular complexity index is 1140. The van der Waals surface area contributed by atoms with Crippen LogP contribution in [0.25, 0.3) is 11.3 Å². The zero-order valence-electron chi connectivity index (χ0n) is 15.6. The number of amides is 1. The fourth-order valence-electron chi connectivity index (χ4n) is 3.52. The van der Waals surface area contributed by atoms with Crippen LogP contribution in [0.1, 0.15) is 20.0 Å². The van der Waals surface area contributed by atoms with Crippen LogP contribution in [0.3, 0.4) is 0 Å². The predicted molar refractivity (Wildman–Crippen MR) is 100 cm³/mol. The van der Waals surface area contributed by atoms with Gasteiger partial charge in [-0.15, -0.1) is 0 Å². The first kappa shape index (κ1) is 19.8. The molecule has 8 nitrogen and oxygen atoms in total. The fraction of sp³-hybridized carbons (Fsp3) is 0.158. The van der Waals surface area contributed by atoms with Crippen molar-refractivity contribution < 1.29 is 58.8 Å². The van der Waals surface area contributed by atoms with Crippen LogP contribution in [0.4, 0.5) is 21.5 Å². The minimum atomic E-state index is -0.688. The molecule has 11 heteroatoms. The van der Waals surface area contributed by atoms with Crippen LogP contribution in [-0.2, 0) is 1.40 Å². The first-order chi connectivity index (χ1) is 14.7. The molecule has 0 spiro atoms. The Balaban J connectivity index is 1.75. The molecule has 0 unspecified atom stereocenters. The molecule has 1 aromatic carbocycles. The Morgan fingerprint density at radius 2 is 2.27 bits per heavy atom. The standard InChI is InChI=1S/C19H16FI2N5O3/c1-29-18-10(20)3-2-4-12(18)25-17-14-16-11(7-24-19(14)28)21-30-22-27-13-8-23-6-5-9(13)15(17)26-16/h2-6,8,11,25-27H,7H2,1H3,(H,24,28)/q-2/t11-/m1/s1. The summed E-state index contributed by atoms with van der Waals surface area (Å²) in [6.45, 7) is 0.536. The van der Waals surface area contributed by atoms with Crippen LogP contribution in [-0.4, -0.2) is 29.5 Å². The Kier molecular flexibility index (Phi) is 5.41. The number of hydrogen-bond acceptors (Lipinski definition) is 6. The van der Waals surface area contributed by atoms with Crippen LogP contribution in [0.2, 0.25) is 0 Å². The van der Waals surface area contributed by atoms with Crippen molar-refractivity contribution in [3.63, 3.8) is 0 Å². The second-order valence-electron chi connectivity index (χ2n) is 6.53. The van der Waals surface area contributed by atoms with Crippen LogP contribution in [0.5, 0.6) is 5.75 Å². The van der Waals surface area contributed by atoms with E-state index in [4.69, 9.17) is 6.13 Å². The molecule has 0 fully saturated rings. The molecule has 0 radical (unpaired) electrons. The Morgan fingerprint density at radius 3 is 3.13 bits per heavy atom. The number of rotatable bonds is 3. The molecule has 5 rings (SSSR count). The van der Waals surface area contributed by atoms with Gasteiger partial charge in [-0.2, -0.15) is 0 Å². The summed E-state index contributed by atoms with van der Waals surface area (Å²) in [4.78, 5) is 20.6. The number of nitrogens with one attached hydrogen (secondary N) is 4. The number of aromatic amines is 1. The number of H-pyrrole nitrogens is 1.